The molecule has 1 aliphatic rings. The van der Waals surface area contributed by atoms with E-state index in [-0.39, 0.29) is 0 Å². The third kappa shape index (κ3) is 2.77. The molecule has 0 aliphatic carbocycles. The van der Waals surface area contributed by atoms with Gasteiger partial charge in [-0.15, -0.1) is 13.2 Å². The van der Waals surface area contributed by atoms with Crippen molar-refractivity contribution in [3.8, 4) is 0 Å². The Balaban J connectivity index is 2.36. The molecular formula is C5H6F3N2O. The molecule has 6 heteroatoms. The molecule has 1 aliphatic heterocycles. The third-order valence-electron chi connectivity index (χ3n) is 1.02. The van der Waals surface area contributed by atoms with E-state index in [9.17, 15) is 13.2 Å². The van der Waals surface area contributed by atoms with Crippen molar-refractivity contribution in [1.29, 1.82) is 0 Å². The summed E-state index contributed by atoms with van der Waals surface area (Å²) in [6.45, 7) is 0. The highest BCUT2D eigenvalue weighted by molar-refractivity contribution is 4.92. The number of hydrogen-bond donors (Lipinski definition) is 0. The molecule has 0 spiro atoms. The summed E-state index contributed by atoms with van der Waals surface area (Å²) >= 11 is 0. The van der Waals surface area contributed by atoms with E-state index in [4.69, 9.17) is 0 Å². The quantitative estimate of drug-likeness (QED) is 0.578. The zero-order chi connectivity index (χ0) is 8.48. The molecule has 0 aromatic carbocycles. The van der Waals surface area contributed by atoms with Gasteiger partial charge < -0.3 is 0 Å². The summed E-state index contributed by atoms with van der Waals surface area (Å²) < 4.78 is 38.1. The number of nitrogens with zero attached hydrogens (tertiary/aromatic N) is 2. The van der Waals surface area contributed by atoms with Crippen LogP contribution < -0.4 is 5.43 Å². The van der Waals surface area contributed by atoms with E-state index in [1.807, 2.05) is 0 Å². The van der Waals surface area contributed by atoms with Gasteiger partial charge in [-0.1, -0.05) is 5.43 Å². The lowest BCUT2D eigenvalue weighted by Gasteiger charge is -2.13. The summed E-state index contributed by atoms with van der Waals surface area (Å²) in [5, 5.41) is 1.26. The van der Waals surface area contributed by atoms with Gasteiger partial charge in [0.05, 0.1) is 0 Å². The highest BCUT2D eigenvalue weighted by Crippen LogP contribution is 2.20. The molecule has 0 saturated heterocycles. The van der Waals surface area contributed by atoms with E-state index in [1.165, 1.54) is 24.3 Å². The van der Waals surface area contributed by atoms with Crippen molar-refractivity contribution < 1.29 is 17.9 Å². The second kappa shape index (κ2) is 2.71. The van der Waals surface area contributed by atoms with Gasteiger partial charge in [0.2, 0.25) is 0 Å². The van der Waals surface area contributed by atoms with Crippen LogP contribution >= 0.6 is 0 Å². The van der Waals surface area contributed by atoms with Crippen molar-refractivity contribution in [2.75, 3.05) is 7.05 Å². The summed E-state index contributed by atoms with van der Waals surface area (Å²) in [5.74, 6) is 0. The van der Waals surface area contributed by atoms with Gasteiger partial charge in [-0.2, -0.15) is 0 Å². The molecule has 1 rings (SSSR count). The van der Waals surface area contributed by atoms with Crippen molar-refractivity contribution in [2.45, 2.75) is 12.6 Å². The van der Waals surface area contributed by atoms with Gasteiger partial charge in [0.15, 0.2) is 6.23 Å². The Kier molecular flexibility index (Phi) is 2.05. The molecule has 3 nitrogen and oxygen atoms in total. The van der Waals surface area contributed by atoms with Gasteiger partial charge in [-0.25, -0.2) is 0 Å². The predicted molar refractivity (Wildman–Crippen MR) is 30.0 cm³/mol. The molecule has 1 heterocycles. The summed E-state index contributed by atoms with van der Waals surface area (Å²) in [6.07, 6.45) is -3.23. The Bertz CT molecular complexity index is 168. The SMILES string of the molecule is CN1C=CC(OC(F)(F)F)[N]1. The molecule has 0 bridgehead atoms. The minimum absolute atomic E-state index is 1.22. The first-order chi connectivity index (χ1) is 4.97. The molecule has 1 atom stereocenters. The van der Waals surface area contributed by atoms with Crippen molar-refractivity contribution in [1.82, 2.24) is 10.4 Å². The maximum absolute atomic E-state index is 11.5. The molecule has 63 valence electrons. The van der Waals surface area contributed by atoms with Gasteiger partial charge in [0, 0.05) is 13.2 Å². The summed E-state index contributed by atoms with van der Waals surface area (Å²) in [6, 6.07) is 0. The normalized spacial score (nSPS) is 24.7. The molecule has 0 aromatic rings. The van der Waals surface area contributed by atoms with Crippen molar-refractivity contribution in [3.05, 3.63) is 12.3 Å². The van der Waals surface area contributed by atoms with Crippen LogP contribution in [-0.4, -0.2) is 24.6 Å². The summed E-state index contributed by atoms with van der Waals surface area (Å²) in [4.78, 5) is 0. The Morgan fingerprint density at radius 2 is 2.18 bits per heavy atom. The minimum atomic E-state index is -4.62. The minimum Gasteiger partial charge on any atom is -0.299 e. The Labute approximate surface area is 61.4 Å². The number of ether oxygens (including phenoxy) is 1. The van der Waals surface area contributed by atoms with E-state index in [1.54, 1.807) is 0 Å². The van der Waals surface area contributed by atoms with E-state index in [0.717, 1.165) is 0 Å². The van der Waals surface area contributed by atoms with Crippen LogP contribution in [0.3, 0.4) is 0 Å². The van der Waals surface area contributed by atoms with Crippen molar-refractivity contribution >= 4 is 0 Å². The van der Waals surface area contributed by atoms with Crippen LogP contribution in [0.25, 0.3) is 0 Å². The standard InChI is InChI=1S/C5H6F3N2O/c1-10-3-2-4(9-10)11-5(6,7)8/h2-4H,1H3. The number of rotatable bonds is 1. The van der Waals surface area contributed by atoms with E-state index >= 15 is 0 Å². The molecule has 1 unspecified atom stereocenters. The second-order valence-corrected chi connectivity index (χ2v) is 1.98. The third-order valence-corrected chi connectivity index (χ3v) is 1.02. The number of hydrogen-bond acceptors (Lipinski definition) is 2. The lowest BCUT2D eigenvalue weighted by molar-refractivity contribution is -0.341. The van der Waals surface area contributed by atoms with E-state index < -0.39 is 12.6 Å². The fourth-order valence-electron chi connectivity index (χ4n) is 0.654. The lowest BCUT2D eigenvalue weighted by atomic mass is 10.6. The number of halogens is 3. The van der Waals surface area contributed by atoms with Crippen molar-refractivity contribution in [2.24, 2.45) is 0 Å². The first-order valence-corrected chi connectivity index (χ1v) is 2.84. The molecule has 0 N–H and O–H groups in total. The molecule has 0 aromatic heterocycles. The molecule has 1 radical (unpaired) electrons. The zero-order valence-electron chi connectivity index (χ0n) is 5.67. The number of alkyl halides is 3. The van der Waals surface area contributed by atoms with Crippen LogP contribution in [0.5, 0.6) is 0 Å². The maximum Gasteiger partial charge on any atom is 0.524 e. The Morgan fingerprint density at radius 3 is 2.55 bits per heavy atom. The fourth-order valence-corrected chi connectivity index (χ4v) is 0.654. The van der Waals surface area contributed by atoms with Gasteiger partial charge in [0.25, 0.3) is 0 Å². The van der Waals surface area contributed by atoms with Crippen LogP contribution in [-0.2, 0) is 4.74 Å². The Morgan fingerprint density at radius 1 is 1.55 bits per heavy atom. The molecular weight excluding hydrogens is 161 g/mol. The van der Waals surface area contributed by atoms with Crippen LogP contribution in [0.1, 0.15) is 0 Å². The average molecular weight is 167 g/mol. The monoisotopic (exact) mass is 167 g/mol. The van der Waals surface area contributed by atoms with E-state index in [0.29, 0.717) is 0 Å². The van der Waals surface area contributed by atoms with Gasteiger partial charge in [-0.05, 0) is 6.08 Å². The summed E-state index contributed by atoms with van der Waals surface area (Å²) in [7, 11) is 1.52. The maximum atomic E-state index is 11.5. The topological polar surface area (TPSA) is 26.6 Å². The Hall–Kier alpha value is -0.750. The first kappa shape index (κ1) is 8.35. The zero-order valence-corrected chi connectivity index (χ0v) is 5.67. The van der Waals surface area contributed by atoms with Crippen LogP contribution in [0.2, 0.25) is 0 Å². The molecule has 0 fully saturated rings. The van der Waals surface area contributed by atoms with Crippen molar-refractivity contribution in [3.63, 3.8) is 0 Å². The predicted octanol–water partition coefficient (Wildman–Crippen LogP) is 0.827. The molecule has 11 heavy (non-hydrogen) atoms. The largest absolute Gasteiger partial charge is 0.524 e. The smallest absolute Gasteiger partial charge is 0.299 e. The second-order valence-electron chi connectivity index (χ2n) is 1.98. The first-order valence-electron chi connectivity index (χ1n) is 2.84. The van der Waals surface area contributed by atoms with Crippen LogP contribution in [0.15, 0.2) is 12.3 Å². The van der Waals surface area contributed by atoms with E-state index in [2.05, 4.69) is 10.2 Å². The highest BCUT2D eigenvalue weighted by Gasteiger charge is 2.34. The molecule has 0 saturated carbocycles. The summed E-state index contributed by atoms with van der Waals surface area (Å²) in [5.41, 5.74) is 3.45. The molecule has 0 amide bonds. The van der Waals surface area contributed by atoms with Gasteiger partial charge >= 0.3 is 6.36 Å². The fraction of sp³-hybridized carbons (Fsp3) is 0.600. The van der Waals surface area contributed by atoms with Crippen LogP contribution in [0.4, 0.5) is 13.2 Å². The lowest BCUT2D eigenvalue weighted by Crippen LogP contribution is -2.31. The average Bonchev–Trinajstić information content (AvgIpc) is 2.10. The van der Waals surface area contributed by atoms with Gasteiger partial charge in [-0.3, -0.25) is 9.75 Å². The van der Waals surface area contributed by atoms with Gasteiger partial charge in [0.1, 0.15) is 0 Å². The highest BCUT2D eigenvalue weighted by atomic mass is 19.4. The van der Waals surface area contributed by atoms with Crippen LogP contribution in [0, 0.1) is 0 Å².